The maximum Gasteiger partial charge on any atom is 0.138 e. The Labute approximate surface area is 142 Å². The minimum Gasteiger partial charge on any atom is -0.496 e. The van der Waals surface area contributed by atoms with Crippen LogP contribution in [0, 0.1) is 0 Å². The number of rotatable bonds is 4. The molecule has 0 amide bonds. The van der Waals surface area contributed by atoms with E-state index < -0.39 is 5.60 Å². The molecule has 0 spiro atoms. The molecule has 1 fully saturated rings. The first kappa shape index (κ1) is 15.2. The van der Waals surface area contributed by atoms with Gasteiger partial charge in [0, 0.05) is 26.5 Å². The predicted molar refractivity (Wildman–Crippen MR) is 88.8 cm³/mol. The summed E-state index contributed by atoms with van der Waals surface area (Å²) in [6.07, 6.45) is -0.113. The van der Waals surface area contributed by atoms with E-state index in [2.05, 4.69) is 15.9 Å². The Morgan fingerprint density at radius 2 is 2.00 bits per heavy atom. The van der Waals surface area contributed by atoms with E-state index >= 15 is 0 Å². The molecule has 1 saturated heterocycles. The molecule has 2 aromatic rings. The Kier molecular flexibility index (Phi) is 4.19. The summed E-state index contributed by atoms with van der Waals surface area (Å²) in [7, 11) is 1.66. The third-order valence-electron chi connectivity index (χ3n) is 3.70. The molecular weight excluding hydrogens is 375 g/mol. The van der Waals surface area contributed by atoms with E-state index in [1.807, 2.05) is 36.4 Å². The molecule has 3 rings (SSSR count). The van der Waals surface area contributed by atoms with Gasteiger partial charge < -0.3 is 9.47 Å². The molecule has 1 aliphatic rings. The van der Waals surface area contributed by atoms with Gasteiger partial charge in [-0.2, -0.15) is 0 Å². The van der Waals surface area contributed by atoms with Gasteiger partial charge in [-0.15, -0.1) is 0 Å². The van der Waals surface area contributed by atoms with Crippen molar-refractivity contribution in [2.45, 2.75) is 11.7 Å². The summed E-state index contributed by atoms with van der Waals surface area (Å²) >= 11 is 15.8. The first-order valence-corrected chi connectivity index (χ1v) is 8.32. The summed E-state index contributed by atoms with van der Waals surface area (Å²) in [6, 6.07) is 13.3. The van der Waals surface area contributed by atoms with Crippen LogP contribution in [0.2, 0.25) is 10.0 Å². The van der Waals surface area contributed by atoms with Gasteiger partial charge in [-0.3, -0.25) is 0 Å². The fourth-order valence-corrected chi connectivity index (χ4v) is 3.81. The Morgan fingerprint density at radius 3 is 2.67 bits per heavy atom. The Balaban J connectivity index is 2.01. The van der Waals surface area contributed by atoms with E-state index in [0.29, 0.717) is 15.4 Å². The van der Waals surface area contributed by atoms with Gasteiger partial charge in [0.1, 0.15) is 17.5 Å². The van der Waals surface area contributed by atoms with Crippen molar-refractivity contribution in [3.63, 3.8) is 0 Å². The summed E-state index contributed by atoms with van der Waals surface area (Å²) in [6.45, 7) is 0. The van der Waals surface area contributed by atoms with Crippen LogP contribution in [0.1, 0.15) is 17.2 Å². The number of hydrogen-bond donors (Lipinski definition) is 0. The van der Waals surface area contributed by atoms with E-state index in [1.165, 1.54) is 0 Å². The highest BCUT2D eigenvalue weighted by Crippen LogP contribution is 2.60. The lowest BCUT2D eigenvalue weighted by molar-refractivity contribution is 0.308. The first-order valence-electron chi connectivity index (χ1n) is 6.44. The highest BCUT2D eigenvalue weighted by Gasteiger charge is 2.59. The number of epoxide rings is 1. The lowest BCUT2D eigenvalue weighted by atomic mass is 9.92. The maximum atomic E-state index is 6.30. The molecule has 0 N–H and O–H groups in total. The van der Waals surface area contributed by atoms with Gasteiger partial charge in [0.05, 0.1) is 7.11 Å². The third-order valence-corrected chi connectivity index (χ3v) is 5.10. The molecule has 2 unspecified atom stereocenters. The summed E-state index contributed by atoms with van der Waals surface area (Å²) in [5.41, 5.74) is 1.50. The molecule has 0 bridgehead atoms. The average molecular weight is 388 g/mol. The van der Waals surface area contributed by atoms with Gasteiger partial charge >= 0.3 is 0 Å². The average Bonchev–Trinajstić information content (AvgIpc) is 3.23. The molecular formula is C16H13BrCl2O2. The Bertz CT molecular complexity index is 677. The van der Waals surface area contributed by atoms with E-state index in [9.17, 15) is 0 Å². The predicted octanol–water partition coefficient (Wildman–Crippen LogP) is 5.36. The van der Waals surface area contributed by atoms with Crippen molar-refractivity contribution >= 4 is 39.1 Å². The molecule has 2 aromatic carbocycles. The zero-order valence-corrected chi connectivity index (χ0v) is 14.4. The maximum absolute atomic E-state index is 6.30. The van der Waals surface area contributed by atoms with E-state index in [0.717, 1.165) is 16.9 Å². The fourth-order valence-electron chi connectivity index (χ4n) is 2.58. The van der Waals surface area contributed by atoms with Crippen molar-refractivity contribution in [1.29, 1.82) is 0 Å². The summed E-state index contributed by atoms with van der Waals surface area (Å²) in [5.74, 6) is 0.810. The molecule has 2 atom stereocenters. The van der Waals surface area contributed by atoms with Crippen LogP contribution in [0.15, 0.2) is 42.5 Å². The fraction of sp³-hybridized carbons (Fsp3) is 0.250. The number of benzene rings is 2. The van der Waals surface area contributed by atoms with Crippen molar-refractivity contribution in [1.82, 2.24) is 0 Å². The molecule has 0 saturated carbocycles. The number of alkyl halides is 1. The summed E-state index contributed by atoms with van der Waals surface area (Å²) in [4.78, 5) is 0. The van der Waals surface area contributed by atoms with Gasteiger partial charge in [-0.1, -0.05) is 63.4 Å². The summed E-state index contributed by atoms with van der Waals surface area (Å²) < 4.78 is 11.5. The normalized spacial score (nSPS) is 23.9. The minimum atomic E-state index is -0.454. The third kappa shape index (κ3) is 2.57. The molecule has 21 heavy (non-hydrogen) atoms. The van der Waals surface area contributed by atoms with Crippen LogP contribution in [0.5, 0.6) is 5.75 Å². The number of hydrogen-bond acceptors (Lipinski definition) is 2. The van der Waals surface area contributed by atoms with Gasteiger partial charge in [0.2, 0.25) is 0 Å². The second-order valence-corrected chi connectivity index (χ2v) is 6.29. The number of halogens is 3. The van der Waals surface area contributed by atoms with E-state index in [-0.39, 0.29) is 6.10 Å². The van der Waals surface area contributed by atoms with Crippen LogP contribution in [0.4, 0.5) is 0 Å². The van der Waals surface area contributed by atoms with Crippen LogP contribution in [0.3, 0.4) is 0 Å². The van der Waals surface area contributed by atoms with Crippen molar-refractivity contribution in [3.05, 3.63) is 63.6 Å². The van der Waals surface area contributed by atoms with Crippen LogP contribution >= 0.6 is 39.1 Å². The molecule has 5 heteroatoms. The first-order chi connectivity index (χ1) is 10.1. The zero-order valence-electron chi connectivity index (χ0n) is 11.3. The number of methoxy groups -OCH3 is 1. The van der Waals surface area contributed by atoms with E-state index in [1.54, 1.807) is 13.2 Å². The second-order valence-electron chi connectivity index (χ2n) is 4.89. The standard InChI is InChI=1S/C16H13BrCl2O2/c1-20-14-5-3-2-4-12(14)16(9-17)15(21-16)11-7-6-10(18)8-13(11)19/h2-8,15H,9H2,1H3. The zero-order chi connectivity index (χ0) is 15.0. The lowest BCUT2D eigenvalue weighted by Gasteiger charge is -2.14. The Hall–Kier alpha value is -0.740. The van der Waals surface area contributed by atoms with Gasteiger partial charge in [0.15, 0.2) is 0 Å². The van der Waals surface area contributed by atoms with Crippen LogP contribution in [-0.2, 0) is 10.3 Å². The number of para-hydroxylation sites is 1. The molecule has 1 aliphatic heterocycles. The van der Waals surface area contributed by atoms with Gasteiger partial charge in [-0.05, 0) is 18.2 Å². The second kappa shape index (κ2) is 5.81. The highest BCUT2D eigenvalue weighted by molar-refractivity contribution is 9.09. The van der Waals surface area contributed by atoms with Gasteiger partial charge in [-0.25, -0.2) is 0 Å². The molecule has 0 aromatic heterocycles. The van der Waals surface area contributed by atoms with E-state index in [4.69, 9.17) is 32.7 Å². The quantitative estimate of drug-likeness (QED) is 0.520. The van der Waals surface area contributed by atoms with Gasteiger partial charge in [0.25, 0.3) is 0 Å². The topological polar surface area (TPSA) is 21.8 Å². The van der Waals surface area contributed by atoms with Crippen molar-refractivity contribution in [3.8, 4) is 5.75 Å². The molecule has 1 heterocycles. The molecule has 0 radical (unpaired) electrons. The van der Waals surface area contributed by atoms with Crippen molar-refractivity contribution in [2.75, 3.05) is 12.4 Å². The monoisotopic (exact) mass is 386 g/mol. The number of ether oxygens (including phenoxy) is 2. The van der Waals surface area contributed by atoms with Crippen molar-refractivity contribution in [2.24, 2.45) is 0 Å². The molecule has 110 valence electrons. The van der Waals surface area contributed by atoms with Crippen LogP contribution < -0.4 is 4.74 Å². The summed E-state index contributed by atoms with van der Waals surface area (Å²) in [5, 5.41) is 1.89. The highest BCUT2D eigenvalue weighted by atomic mass is 79.9. The Morgan fingerprint density at radius 1 is 1.24 bits per heavy atom. The SMILES string of the molecule is COc1ccccc1C1(CBr)OC1c1ccc(Cl)cc1Cl. The minimum absolute atomic E-state index is 0.113. The molecule has 0 aliphatic carbocycles. The largest absolute Gasteiger partial charge is 0.496 e. The smallest absolute Gasteiger partial charge is 0.138 e. The van der Waals surface area contributed by atoms with Crippen molar-refractivity contribution < 1.29 is 9.47 Å². The van der Waals surface area contributed by atoms with Crippen LogP contribution in [-0.4, -0.2) is 12.4 Å². The molecule has 2 nitrogen and oxygen atoms in total. The lowest BCUT2D eigenvalue weighted by Crippen LogP contribution is -2.13. The van der Waals surface area contributed by atoms with Crippen LogP contribution in [0.25, 0.3) is 0 Å².